The van der Waals surface area contributed by atoms with Crippen LogP contribution in [0.5, 0.6) is 0 Å². The topological polar surface area (TPSA) is 32.3 Å². The highest BCUT2D eigenvalue weighted by atomic mass is 16.1. The second kappa shape index (κ2) is 11.4. The number of nitrogens with one attached hydrogen (secondary N) is 1. The number of likely N-dealkylation sites (N-methyl/N-ethyl adjacent to an activating group) is 1. The summed E-state index contributed by atoms with van der Waals surface area (Å²) in [4.78, 5) is 12.7. The Labute approximate surface area is 82.5 Å². The van der Waals surface area contributed by atoms with Crippen molar-refractivity contribution in [3.05, 3.63) is 0 Å². The van der Waals surface area contributed by atoms with Gasteiger partial charge in [-0.2, -0.15) is 0 Å². The van der Waals surface area contributed by atoms with Crippen LogP contribution in [0.25, 0.3) is 0 Å². The van der Waals surface area contributed by atoms with Crippen molar-refractivity contribution in [2.45, 2.75) is 34.1 Å². The summed E-state index contributed by atoms with van der Waals surface area (Å²) >= 11 is 0. The van der Waals surface area contributed by atoms with E-state index in [4.69, 9.17) is 0 Å². The van der Waals surface area contributed by atoms with Gasteiger partial charge < -0.3 is 10.2 Å². The van der Waals surface area contributed by atoms with Crippen LogP contribution >= 0.6 is 0 Å². The molecule has 0 spiro atoms. The highest BCUT2D eigenvalue weighted by molar-refractivity contribution is 5.72. The van der Waals surface area contributed by atoms with Crippen molar-refractivity contribution < 1.29 is 4.79 Å². The molecule has 0 saturated heterocycles. The van der Waals surface area contributed by atoms with Gasteiger partial charge in [0.2, 0.25) is 5.91 Å². The molecule has 0 rings (SSSR count). The number of nitrogens with zero attached hydrogens (tertiary/aromatic N) is 1. The fraction of sp³-hybridized carbons (Fsp3) is 0.900. The molecule has 0 atom stereocenters. The second-order valence-electron chi connectivity index (χ2n) is 2.79. The highest BCUT2D eigenvalue weighted by Crippen LogP contribution is 1.83. The van der Waals surface area contributed by atoms with E-state index in [-0.39, 0.29) is 5.91 Å². The minimum absolute atomic E-state index is 0.0508. The standard InChI is InChI=1S/C8H18N2O.C2H6/c1-4-6-10(3)7-5-9-8(2)11;1-2/h4-7H2,1-3H3,(H,9,11);1-2H3. The van der Waals surface area contributed by atoms with Gasteiger partial charge in [-0.1, -0.05) is 20.8 Å². The second-order valence-corrected chi connectivity index (χ2v) is 2.79. The summed E-state index contributed by atoms with van der Waals surface area (Å²) in [7, 11) is 2.06. The lowest BCUT2D eigenvalue weighted by atomic mass is 10.4. The zero-order valence-electron chi connectivity index (χ0n) is 9.68. The van der Waals surface area contributed by atoms with Crippen LogP contribution in [0.2, 0.25) is 0 Å². The Balaban J connectivity index is 0. The maximum atomic E-state index is 10.5. The van der Waals surface area contributed by atoms with Gasteiger partial charge in [0.15, 0.2) is 0 Å². The molecule has 0 aliphatic heterocycles. The number of amides is 1. The monoisotopic (exact) mass is 188 g/mol. The van der Waals surface area contributed by atoms with E-state index in [0.717, 1.165) is 26.1 Å². The summed E-state index contributed by atoms with van der Waals surface area (Å²) in [5, 5.41) is 2.75. The first-order valence-corrected chi connectivity index (χ1v) is 5.09. The summed E-state index contributed by atoms with van der Waals surface area (Å²) in [6.07, 6.45) is 1.16. The van der Waals surface area contributed by atoms with Crippen LogP contribution in [0.15, 0.2) is 0 Å². The quantitative estimate of drug-likeness (QED) is 0.709. The molecule has 1 amide bonds. The lowest BCUT2D eigenvalue weighted by Gasteiger charge is -2.14. The third-order valence-electron chi connectivity index (χ3n) is 1.47. The van der Waals surface area contributed by atoms with Crippen molar-refractivity contribution >= 4 is 5.91 Å². The van der Waals surface area contributed by atoms with E-state index in [1.807, 2.05) is 13.8 Å². The Kier molecular flexibility index (Phi) is 13.1. The summed E-state index contributed by atoms with van der Waals surface area (Å²) in [6, 6.07) is 0. The van der Waals surface area contributed by atoms with Gasteiger partial charge in [-0.25, -0.2) is 0 Å². The van der Waals surface area contributed by atoms with E-state index in [1.54, 1.807) is 6.92 Å². The summed E-state index contributed by atoms with van der Waals surface area (Å²) in [6.45, 7) is 10.5. The van der Waals surface area contributed by atoms with E-state index in [9.17, 15) is 4.79 Å². The van der Waals surface area contributed by atoms with Crippen LogP contribution in [-0.4, -0.2) is 37.5 Å². The van der Waals surface area contributed by atoms with Gasteiger partial charge >= 0.3 is 0 Å². The average Bonchev–Trinajstić information content (AvgIpc) is 2.08. The molecule has 0 unspecified atom stereocenters. The zero-order valence-corrected chi connectivity index (χ0v) is 9.68. The maximum Gasteiger partial charge on any atom is 0.216 e. The highest BCUT2D eigenvalue weighted by Gasteiger charge is 1.95. The Morgan fingerprint density at radius 2 is 1.85 bits per heavy atom. The normalized spacial score (nSPS) is 9.08. The molecule has 3 nitrogen and oxygen atoms in total. The van der Waals surface area contributed by atoms with Crippen molar-refractivity contribution in [3.63, 3.8) is 0 Å². The minimum Gasteiger partial charge on any atom is -0.355 e. The lowest BCUT2D eigenvalue weighted by Crippen LogP contribution is -2.31. The van der Waals surface area contributed by atoms with Crippen molar-refractivity contribution in [1.82, 2.24) is 10.2 Å². The Morgan fingerprint density at radius 3 is 2.23 bits per heavy atom. The molecule has 0 aliphatic rings. The van der Waals surface area contributed by atoms with E-state index >= 15 is 0 Å². The molecule has 3 heteroatoms. The van der Waals surface area contributed by atoms with E-state index < -0.39 is 0 Å². The smallest absolute Gasteiger partial charge is 0.216 e. The van der Waals surface area contributed by atoms with Gasteiger partial charge in [-0.3, -0.25) is 4.79 Å². The predicted molar refractivity (Wildman–Crippen MR) is 57.8 cm³/mol. The van der Waals surface area contributed by atoms with E-state index in [0.29, 0.717) is 0 Å². The lowest BCUT2D eigenvalue weighted by molar-refractivity contribution is -0.118. The molecule has 13 heavy (non-hydrogen) atoms. The van der Waals surface area contributed by atoms with Gasteiger partial charge in [0.05, 0.1) is 0 Å². The van der Waals surface area contributed by atoms with E-state index in [1.165, 1.54) is 0 Å². The van der Waals surface area contributed by atoms with Gasteiger partial charge in [0, 0.05) is 20.0 Å². The summed E-state index contributed by atoms with van der Waals surface area (Å²) < 4.78 is 0. The Morgan fingerprint density at radius 1 is 1.31 bits per heavy atom. The van der Waals surface area contributed by atoms with Crippen molar-refractivity contribution in [2.24, 2.45) is 0 Å². The van der Waals surface area contributed by atoms with Crippen LogP contribution in [0.3, 0.4) is 0 Å². The molecule has 0 bridgehead atoms. The van der Waals surface area contributed by atoms with Crippen molar-refractivity contribution in [2.75, 3.05) is 26.7 Å². The van der Waals surface area contributed by atoms with Gasteiger partial charge in [-0.15, -0.1) is 0 Å². The predicted octanol–water partition coefficient (Wildman–Crippen LogP) is 1.49. The number of carbonyl (C=O) groups excluding carboxylic acids is 1. The number of rotatable bonds is 5. The molecule has 0 aromatic rings. The first-order valence-electron chi connectivity index (χ1n) is 5.09. The minimum atomic E-state index is 0.0508. The molecule has 80 valence electrons. The first kappa shape index (κ1) is 14.9. The molecule has 1 N–H and O–H groups in total. The van der Waals surface area contributed by atoms with Crippen LogP contribution in [0, 0.1) is 0 Å². The average molecular weight is 188 g/mol. The van der Waals surface area contributed by atoms with Crippen LogP contribution in [0.4, 0.5) is 0 Å². The fourth-order valence-corrected chi connectivity index (χ4v) is 0.916. The largest absolute Gasteiger partial charge is 0.355 e. The molecule has 0 radical (unpaired) electrons. The molecular weight excluding hydrogens is 164 g/mol. The van der Waals surface area contributed by atoms with E-state index in [2.05, 4.69) is 24.2 Å². The summed E-state index contributed by atoms with van der Waals surface area (Å²) in [5.41, 5.74) is 0. The molecule has 0 fully saturated rings. The Bertz CT molecular complexity index is 115. The molecule has 0 saturated carbocycles. The number of hydrogen-bond acceptors (Lipinski definition) is 2. The summed E-state index contributed by atoms with van der Waals surface area (Å²) in [5.74, 6) is 0.0508. The third kappa shape index (κ3) is 14.3. The number of hydrogen-bond donors (Lipinski definition) is 1. The Hall–Kier alpha value is -0.570. The molecule has 0 aromatic carbocycles. The molecule has 0 aliphatic carbocycles. The number of carbonyl (C=O) groups is 1. The maximum absolute atomic E-state index is 10.5. The van der Waals surface area contributed by atoms with Crippen LogP contribution in [-0.2, 0) is 4.79 Å². The molecule has 0 aromatic heterocycles. The zero-order chi connectivity index (χ0) is 10.7. The molecule has 0 heterocycles. The van der Waals surface area contributed by atoms with Crippen molar-refractivity contribution in [1.29, 1.82) is 0 Å². The SMILES string of the molecule is CC.CCCN(C)CCNC(C)=O. The fourth-order valence-electron chi connectivity index (χ4n) is 0.916. The van der Waals surface area contributed by atoms with Gasteiger partial charge in [-0.05, 0) is 20.0 Å². The van der Waals surface area contributed by atoms with Crippen LogP contribution in [0.1, 0.15) is 34.1 Å². The first-order chi connectivity index (χ1) is 6.16. The van der Waals surface area contributed by atoms with Crippen LogP contribution < -0.4 is 5.32 Å². The molecular formula is C10H24N2O. The van der Waals surface area contributed by atoms with Gasteiger partial charge in [0.25, 0.3) is 0 Å². The van der Waals surface area contributed by atoms with Crippen molar-refractivity contribution in [3.8, 4) is 0 Å². The van der Waals surface area contributed by atoms with Gasteiger partial charge in [0.1, 0.15) is 0 Å². The third-order valence-corrected chi connectivity index (χ3v) is 1.47.